The van der Waals surface area contributed by atoms with Crippen LogP contribution in [0.2, 0.25) is 0 Å². The summed E-state index contributed by atoms with van der Waals surface area (Å²) in [5, 5.41) is 5.33. The van der Waals surface area contributed by atoms with Gasteiger partial charge in [-0.25, -0.2) is 0 Å². The van der Waals surface area contributed by atoms with Gasteiger partial charge in [-0.05, 0) is 0 Å². The van der Waals surface area contributed by atoms with Crippen LogP contribution in [-0.4, -0.2) is 75.0 Å². The van der Waals surface area contributed by atoms with Gasteiger partial charge in [-0.15, -0.1) is 0 Å². The molecule has 1 aliphatic rings. The van der Waals surface area contributed by atoms with Crippen molar-refractivity contribution >= 4 is 12.8 Å². The SMILES string of the molecule is O=CNCCN1CCN(CCNC=O)CC1. The third-order valence-corrected chi connectivity index (χ3v) is 2.78. The fraction of sp³-hybridized carbons (Fsp3) is 0.800. The van der Waals surface area contributed by atoms with Crippen molar-refractivity contribution in [2.24, 2.45) is 0 Å². The predicted molar refractivity (Wildman–Crippen MR) is 61.0 cm³/mol. The van der Waals surface area contributed by atoms with Gasteiger partial charge < -0.3 is 10.6 Å². The molecule has 6 nitrogen and oxygen atoms in total. The lowest BCUT2D eigenvalue weighted by Crippen LogP contribution is -2.49. The topological polar surface area (TPSA) is 64.7 Å². The molecule has 1 fully saturated rings. The number of rotatable bonds is 8. The predicted octanol–water partition coefficient (Wildman–Crippen LogP) is -1.90. The van der Waals surface area contributed by atoms with Gasteiger partial charge in [0.15, 0.2) is 0 Å². The molecular formula is C10H20N4O2. The van der Waals surface area contributed by atoms with E-state index in [4.69, 9.17) is 0 Å². The number of nitrogens with zero attached hydrogens (tertiary/aromatic N) is 2. The first-order chi connectivity index (χ1) is 7.86. The number of nitrogens with one attached hydrogen (secondary N) is 2. The van der Waals surface area contributed by atoms with Crippen molar-refractivity contribution in [3.8, 4) is 0 Å². The van der Waals surface area contributed by atoms with Crippen LogP contribution in [0.25, 0.3) is 0 Å². The number of piperazine rings is 1. The van der Waals surface area contributed by atoms with Gasteiger partial charge in [-0.3, -0.25) is 19.4 Å². The minimum Gasteiger partial charge on any atom is -0.357 e. The van der Waals surface area contributed by atoms with Crippen LogP contribution in [0.1, 0.15) is 0 Å². The first-order valence-electron chi connectivity index (χ1n) is 5.65. The van der Waals surface area contributed by atoms with Gasteiger partial charge in [-0.1, -0.05) is 0 Å². The molecule has 0 aromatic carbocycles. The fourth-order valence-corrected chi connectivity index (χ4v) is 1.80. The molecule has 1 saturated heterocycles. The summed E-state index contributed by atoms with van der Waals surface area (Å²) in [7, 11) is 0. The summed E-state index contributed by atoms with van der Waals surface area (Å²) < 4.78 is 0. The lowest BCUT2D eigenvalue weighted by Gasteiger charge is -2.34. The second-order valence-electron chi connectivity index (χ2n) is 3.83. The van der Waals surface area contributed by atoms with E-state index in [2.05, 4.69) is 20.4 Å². The molecule has 0 saturated carbocycles. The molecule has 0 atom stereocenters. The number of carbonyl (C=O) groups excluding carboxylic acids is 2. The number of hydrogen-bond donors (Lipinski definition) is 2. The first-order valence-corrected chi connectivity index (χ1v) is 5.65. The van der Waals surface area contributed by atoms with Crippen LogP contribution in [0.5, 0.6) is 0 Å². The van der Waals surface area contributed by atoms with Crippen molar-refractivity contribution in [2.45, 2.75) is 0 Å². The summed E-state index contributed by atoms with van der Waals surface area (Å²) in [6.45, 7) is 7.39. The summed E-state index contributed by atoms with van der Waals surface area (Å²) in [6, 6.07) is 0. The Kier molecular flexibility index (Phi) is 6.52. The molecular weight excluding hydrogens is 208 g/mol. The van der Waals surface area contributed by atoms with E-state index in [1.807, 2.05) is 0 Å². The van der Waals surface area contributed by atoms with Gasteiger partial charge in [0.25, 0.3) is 0 Å². The Balaban J connectivity index is 2.04. The van der Waals surface area contributed by atoms with Crippen LogP contribution in [0.4, 0.5) is 0 Å². The van der Waals surface area contributed by atoms with E-state index in [-0.39, 0.29) is 0 Å². The van der Waals surface area contributed by atoms with E-state index >= 15 is 0 Å². The van der Waals surface area contributed by atoms with Crippen molar-refractivity contribution in [1.29, 1.82) is 0 Å². The quantitative estimate of drug-likeness (QED) is 0.376. The summed E-state index contributed by atoms with van der Waals surface area (Å²) in [4.78, 5) is 24.8. The van der Waals surface area contributed by atoms with Gasteiger partial charge >= 0.3 is 0 Å². The van der Waals surface area contributed by atoms with E-state index in [1.54, 1.807) is 0 Å². The highest BCUT2D eigenvalue weighted by Crippen LogP contribution is 1.99. The molecule has 1 aliphatic heterocycles. The number of amides is 2. The summed E-state index contributed by atoms with van der Waals surface area (Å²) in [5.41, 5.74) is 0. The molecule has 0 aromatic rings. The monoisotopic (exact) mass is 228 g/mol. The van der Waals surface area contributed by atoms with Crippen molar-refractivity contribution in [3.63, 3.8) is 0 Å². The van der Waals surface area contributed by atoms with E-state index in [1.165, 1.54) is 0 Å². The molecule has 0 unspecified atom stereocenters. The number of carbonyl (C=O) groups is 2. The maximum atomic E-state index is 10.1. The average molecular weight is 228 g/mol. The standard InChI is InChI=1S/C10H20N4O2/c15-9-11-1-3-13-5-7-14(8-6-13)4-2-12-10-16/h9-10H,1-8H2,(H,11,15)(H,12,16). The molecule has 16 heavy (non-hydrogen) atoms. The van der Waals surface area contributed by atoms with Crippen LogP contribution in [-0.2, 0) is 9.59 Å². The van der Waals surface area contributed by atoms with Crippen LogP contribution < -0.4 is 10.6 Å². The second kappa shape index (κ2) is 8.06. The molecule has 2 amide bonds. The molecule has 2 N–H and O–H groups in total. The Hall–Kier alpha value is -1.14. The van der Waals surface area contributed by atoms with Gasteiger partial charge in [-0.2, -0.15) is 0 Å². The van der Waals surface area contributed by atoms with E-state index < -0.39 is 0 Å². The van der Waals surface area contributed by atoms with E-state index in [9.17, 15) is 9.59 Å². The van der Waals surface area contributed by atoms with Crippen molar-refractivity contribution in [3.05, 3.63) is 0 Å². The van der Waals surface area contributed by atoms with Crippen LogP contribution in [0.3, 0.4) is 0 Å². The summed E-state index contributed by atoms with van der Waals surface area (Å²) in [5.74, 6) is 0. The molecule has 0 radical (unpaired) electrons. The maximum Gasteiger partial charge on any atom is 0.207 e. The van der Waals surface area contributed by atoms with Crippen molar-refractivity contribution in [1.82, 2.24) is 20.4 Å². The van der Waals surface area contributed by atoms with Gasteiger partial charge in [0.1, 0.15) is 0 Å². The minimum atomic E-state index is 0.718. The van der Waals surface area contributed by atoms with E-state index in [0.717, 1.165) is 65.2 Å². The summed E-state index contributed by atoms with van der Waals surface area (Å²) >= 11 is 0. The lowest BCUT2D eigenvalue weighted by atomic mass is 10.3. The maximum absolute atomic E-state index is 10.1. The molecule has 0 bridgehead atoms. The molecule has 92 valence electrons. The van der Waals surface area contributed by atoms with Gasteiger partial charge in [0, 0.05) is 52.4 Å². The fourth-order valence-electron chi connectivity index (χ4n) is 1.80. The smallest absolute Gasteiger partial charge is 0.207 e. The molecule has 0 aromatic heterocycles. The Labute approximate surface area is 96.0 Å². The Bertz CT molecular complexity index is 183. The Morgan fingerprint density at radius 2 is 1.19 bits per heavy atom. The highest BCUT2D eigenvalue weighted by atomic mass is 16.1. The second-order valence-corrected chi connectivity index (χ2v) is 3.83. The minimum absolute atomic E-state index is 0.718. The van der Waals surface area contributed by atoms with Crippen molar-refractivity contribution in [2.75, 3.05) is 52.4 Å². The first kappa shape index (κ1) is 12.9. The highest BCUT2D eigenvalue weighted by Gasteiger charge is 2.15. The molecule has 0 spiro atoms. The largest absolute Gasteiger partial charge is 0.357 e. The average Bonchev–Trinajstić information content (AvgIpc) is 2.32. The molecule has 0 aliphatic carbocycles. The third-order valence-electron chi connectivity index (χ3n) is 2.78. The highest BCUT2D eigenvalue weighted by molar-refractivity contribution is 5.45. The Morgan fingerprint density at radius 3 is 1.50 bits per heavy atom. The third kappa shape index (κ3) is 5.09. The zero-order valence-electron chi connectivity index (χ0n) is 9.52. The van der Waals surface area contributed by atoms with Gasteiger partial charge in [0.05, 0.1) is 0 Å². The molecule has 1 rings (SSSR count). The number of hydrogen-bond acceptors (Lipinski definition) is 4. The summed E-state index contributed by atoms with van der Waals surface area (Å²) in [6.07, 6.45) is 1.47. The molecule has 6 heteroatoms. The molecule has 1 heterocycles. The van der Waals surface area contributed by atoms with Crippen molar-refractivity contribution < 1.29 is 9.59 Å². The lowest BCUT2D eigenvalue weighted by molar-refractivity contribution is -0.110. The zero-order chi connectivity index (χ0) is 11.6. The Morgan fingerprint density at radius 1 is 0.812 bits per heavy atom. The zero-order valence-corrected chi connectivity index (χ0v) is 9.52. The van der Waals surface area contributed by atoms with E-state index in [0.29, 0.717) is 0 Å². The van der Waals surface area contributed by atoms with Crippen LogP contribution in [0, 0.1) is 0 Å². The van der Waals surface area contributed by atoms with Crippen LogP contribution >= 0.6 is 0 Å². The van der Waals surface area contributed by atoms with Gasteiger partial charge in [0.2, 0.25) is 12.8 Å². The van der Waals surface area contributed by atoms with Crippen LogP contribution in [0.15, 0.2) is 0 Å². The normalized spacial score (nSPS) is 18.0.